The van der Waals surface area contributed by atoms with Gasteiger partial charge in [-0.2, -0.15) is 0 Å². The molecule has 1 atom stereocenters. The van der Waals surface area contributed by atoms with Gasteiger partial charge in [0.05, 0.1) is 0 Å². The molecule has 1 N–H and O–H groups in total. The van der Waals surface area contributed by atoms with E-state index in [0.717, 1.165) is 12.8 Å². The lowest BCUT2D eigenvalue weighted by atomic mass is 9.83. The van der Waals surface area contributed by atoms with Crippen molar-refractivity contribution in [2.24, 2.45) is 0 Å². The molecule has 1 unspecified atom stereocenters. The molecule has 0 bridgehead atoms. The average Bonchev–Trinajstić information content (AvgIpc) is 2.50. The summed E-state index contributed by atoms with van der Waals surface area (Å²) in [6.45, 7) is 5.97. The number of halogens is 1. The van der Waals surface area contributed by atoms with E-state index in [-0.39, 0.29) is 17.4 Å². The van der Waals surface area contributed by atoms with Crippen LogP contribution < -0.4 is 5.32 Å². The second kappa shape index (κ2) is 4.93. The van der Waals surface area contributed by atoms with Crippen molar-refractivity contribution in [2.45, 2.75) is 45.1 Å². The fourth-order valence-corrected chi connectivity index (χ4v) is 3.07. The van der Waals surface area contributed by atoms with E-state index in [9.17, 15) is 4.79 Å². The molecule has 1 amide bonds. The summed E-state index contributed by atoms with van der Waals surface area (Å²) in [5, 5.41) is 3.07. The third-order valence-corrected chi connectivity index (χ3v) is 4.11. The zero-order valence-corrected chi connectivity index (χ0v) is 12.0. The number of alkyl halides is 1. The minimum absolute atomic E-state index is 0.000494. The molecule has 98 valence electrons. The normalized spacial score (nSPS) is 20.6. The van der Waals surface area contributed by atoms with Crippen molar-refractivity contribution in [3.63, 3.8) is 0 Å². The fourth-order valence-electron chi connectivity index (χ4n) is 2.85. The van der Waals surface area contributed by atoms with Gasteiger partial charge in [0.2, 0.25) is 5.91 Å². The smallest absolute Gasteiger partial charge is 0.217 e. The number of aryl methyl sites for hydroxylation is 1. The highest BCUT2D eigenvalue weighted by Crippen LogP contribution is 2.39. The molecule has 0 radical (unpaired) electrons. The summed E-state index contributed by atoms with van der Waals surface area (Å²) in [5.41, 5.74) is 3.98. The van der Waals surface area contributed by atoms with E-state index < -0.39 is 0 Å². The molecular formula is C15H20ClNO. The number of amides is 1. The summed E-state index contributed by atoms with van der Waals surface area (Å²) >= 11 is 5.78. The van der Waals surface area contributed by atoms with Crippen molar-refractivity contribution >= 4 is 17.5 Å². The summed E-state index contributed by atoms with van der Waals surface area (Å²) < 4.78 is 0. The van der Waals surface area contributed by atoms with Gasteiger partial charge in [-0.15, -0.1) is 11.6 Å². The topological polar surface area (TPSA) is 29.1 Å². The van der Waals surface area contributed by atoms with Crippen LogP contribution >= 0.6 is 11.6 Å². The lowest BCUT2D eigenvalue weighted by Crippen LogP contribution is -2.44. The molecule has 0 saturated heterocycles. The molecule has 0 saturated carbocycles. The van der Waals surface area contributed by atoms with E-state index in [2.05, 4.69) is 37.4 Å². The maximum absolute atomic E-state index is 11.3. The fraction of sp³-hybridized carbons (Fsp3) is 0.533. The Hall–Kier alpha value is -1.02. The van der Waals surface area contributed by atoms with Crippen molar-refractivity contribution in [3.8, 4) is 0 Å². The summed E-state index contributed by atoms with van der Waals surface area (Å²) in [5.74, 6) is 0.693. The molecule has 0 heterocycles. The van der Waals surface area contributed by atoms with Crippen LogP contribution in [0.5, 0.6) is 0 Å². The molecule has 0 fully saturated rings. The Morgan fingerprint density at radius 3 is 2.83 bits per heavy atom. The molecule has 0 aromatic heterocycles. The third-order valence-electron chi connectivity index (χ3n) is 3.92. The average molecular weight is 266 g/mol. The van der Waals surface area contributed by atoms with E-state index in [1.165, 1.54) is 16.7 Å². The maximum atomic E-state index is 11.3. The standard InChI is InChI=1S/C15H20ClNO/c1-10(18)17-14-9-12-8-11(6-7-16)4-5-13(12)15(14,2)3/h4-5,8,14H,6-7,9H2,1-3H3,(H,17,18). The van der Waals surface area contributed by atoms with E-state index in [1.54, 1.807) is 6.92 Å². The Morgan fingerprint density at radius 2 is 2.22 bits per heavy atom. The number of hydrogen-bond donors (Lipinski definition) is 1. The van der Waals surface area contributed by atoms with Crippen molar-refractivity contribution in [3.05, 3.63) is 34.9 Å². The molecule has 0 aliphatic heterocycles. The van der Waals surface area contributed by atoms with Crippen LogP contribution in [0.3, 0.4) is 0 Å². The van der Waals surface area contributed by atoms with E-state index in [0.29, 0.717) is 5.88 Å². The summed E-state index contributed by atoms with van der Waals surface area (Å²) in [6.07, 6.45) is 1.82. The zero-order valence-electron chi connectivity index (χ0n) is 11.2. The monoisotopic (exact) mass is 265 g/mol. The first-order valence-electron chi connectivity index (χ1n) is 6.40. The molecule has 2 nitrogen and oxygen atoms in total. The Morgan fingerprint density at radius 1 is 1.50 bits per heavy atom. The number of carbonyl (C=O) groups is 1. The third kappa shape index (κ3) is 2.39. The Labute approximate surface area is 114 Å². The summed E-state index contributed by atoms with van der Waals surface area (Å²) in [7, 11) is 0. The van der Waals surface area contributed by atoms with Crippen LogP contribution in [0.25, 0.3) is 0 Å². The summed E-state index contributed by atoms with van der Waals surface area (Å²) in [4.78, 5) is 11.3. The van der Waals surface area contributed by atoms with Crippen LogP contribution in [0.1, 0.15) is 37.5 Å². The second-order valence-electron chi connectivity index (χ2n) is 5.61. The van der Waals surface area contributed by atoms with Gasteiger partial charge in [0.15, 0.2) is 0 Å². The highest BCUT2D eigenvalue weighted by molar-refractivity contribution is 6.17. The lowest BCUT2D eigenvalue weighted by molar-refractivity contribution is -0.120. The predicted octanol–water partition coefficient (Wildman–Crippen LogP) is 2.81. The van der Waals surface area contributed by atoms with Gasteiger partial charge in [0, 0.05) is 24.3 Å². The van der Waals surface area contributed by atoms with Crippen molar-refractivity contribution in [1.82, 2.24) is 5.32 Å². The largest absolute Gasteiger partial charge is 0.352 e. The minimum Gasteiger partial charge on any atom is -0.352 e. The van der Waals surface area contributed by atoms with Gasteiger partial charge in [-0.25, -0.2) is 0 Å². The van der Waals surface area contributed by atoms with Gasteiger partial charge < -0.3 is 5.32 Å². The van der Waals surface area contributed by atoms with Crippen molar-refractivity contribution in [1.29, 1.82) is 0 Å². The molecule has 2 rings (SSSR count). The maximum Gasteiger partial charge on any atom is 0.217 e. The van der Waals surface area contributed by atoms with Gasteiger partial charge >= 0.3 is 0 Å². The molecule has 1 aromatic carbocycles. The van der Waals surface area contributed by atoms with Gasteiger partial charge in [0.1, 0.15) is 0 Å². The van der Waals surface area contributed by atoms with Gasteiger partial charge in [-0.1, -0.05) is 32.0 Å². The molecule has 1 aliphatic rings. The molecule has 0 spiro atoms. The SMILES string of the molecule is CC(=O)NC1Cc2cc(CCCl)ccc2C1(C)C. The molecule has 1 aromatic rings. The number of carbonyl (C=O) groups excluding carboxylic acids is 1. The highest BCUT2D eigenvalue weighted by atomic mass is 35.5. The van der Waals surface area contributed by atoms with E-state index in [1.807, 2.05) is 0 Å². The molecular weight excluding hydrogens is 246 g/mol. The minimum atomic E-state index is 0.000494. The van der Waals surface area contributed by atoms with E-state index in [4.69, 9.17) is 11.6 Å². The number of nitrogens with one attached hydrogen (secondary N) is 1. The number of rotatable bonds is 3. The van der Waals surface area contributed by atoms with Crippen LogP contribution in [0.2, 0.25) is 0 Å². The van der Waals surface area contributed by atoms with Gasteiger partial charge in [-0.3, -0.25) is 4.79 Å². The lowest BCUT2D eigenvalue weighted by Gasteiger charge is -2.28. The number of fused-ring (bicyclic) bond motifs is 1. The highest BCUT2D eigenvalue weighted by Gasteiger charge is 2.39. The van der Waals surface area contributed by atoms with Crippen LogP contribution in [-0.2, 0) is 23.1 Å². The summed E-state index contributed by atoms with van der Waals surface area (Å²) in [6, 6.07) is 6.77. The molecule has 3 heteroatoms. The second-order valence-corrected chi connectivity index (χ2v) is 5.99. The molecule has 1 aliphatic carbocycles. The quantitative estimate of drug-likeness (QED) is 0.837. The van der Waals surface area contributed by atoms with E-state index >= 15 is 0 Å². The molecule has 18 heavy (non-hydrogen) atoms. The van der Waals surface area contributed by atoms with Crippen LogP contribution in [0.4, 0.5) is 0 Å². The number of hydrogen-bond acceptors (Lipinski definition) is 1. The number of benzene rings is 1. The van der Waals surface area contributed by atoms with Crippen molar-refractivity contribution in [2.75, 3.05) is 5.88 Å². The van der Waals surface area contributed by atoms with Crippen molar-refractivity contribution < 1.29 is 4.79 Å². The van der Waals surface area contributed by atoms with Gasteiger partial charge in [-0.05, 0) is 29.5 Å². The Bertz CT molecular complexity index is 468. The van der Waals surface area contributed by atoms with Crippen LogP contribution in [-0.4, -0.2) is 17.8 Å². The zero-order chi connectivity index (χ0) is 13.3. The van der Waals surface area contributed by atoms with Crippen LogP contribution in [0.15, 0.2) is 18.2 Å². The first-order valence-corrected chi connectivity index (χ1v) is 6.94. The first kappa shape index (κ1) is 13.4. The predicted molar refractivity (Wildman–Crippen MR) is 75.2 cm³/mol. The van der Waals surface area contributed by atoms with Crippen LogP contribution in [0, 0.1) is 0 Å². The Kier molecular flexibility index (Phi) is 3.67. The van der Waals surface area contributed by atoms with Gasteiger partial charge in [0.25, 0.3) is 0 Å². The Balaban J connectivity index is 2.30. The first-order chi connectivity index (χ1) is 8.45.